The van der Waals surface area contributed by atoms with Gasteiger partial charge in [-0.2, -0.15) is 0 Å². The van der Waals surface area contributed by atoms with Crippen molar-refractivity contribution in [1.82, 2.24) is 15.2 Å². The largest absolute Gasteiger partial charge is 0.467 e. The van der Waals surface area contributed by atoms with Crippen LogP contribution in [0.3, 0.4) is 0 Å². The van der Waals surface area contributed by atoms with E-state index in [9.17, 15) is 14.4 Å². The molecule has 0 aliphatic heterocycles. The minimum absolute atomic E-state index is 0.000961. The quantitative estimate of drug-likeness (QED) is 0.603. The molecular weight excluding hydrogens is 372 g/mol. The average molecular weight is 400 g/mol. The minimum Gasteiger partial charge on any atom is -0.467 e. The standard InChI is InChI=1S/C21H28N4O4/c1-16(2)10-12-23-20(27)15-25(14-17-6-5-13-29-17)21(28)9-8-19(26)24-18-7-3-4-11-22-18/h3-7,11,13,16H,8-10,12,14-15H2,1-2H3,(H,23,27)(H,22,24,26). The first kappa shape index (κ1) is 22.1. The number of hydrogen-bond acceptors (Lipinski definition) is 5. The summed E-state index contributed by atoms with van der Waals surface area (Å²) in [5.41, 5.74) is 0. The smallest absolute Gasteiger partial charge is 0.239 e. The first-order chi connectivity index (χ1) is 13.9. The molecule has 0 bridgehead atoms. The molecule has 0 spiro atoms. The van der Waals surface area contributed by atoms with Crippen LogP contribution in [0.4, 0.5) is 5.82 Å². The first-order valence-corrected chi connectivity index (χ1v) is 9.71. The third-order valence-corrected chi connectivity index (χ3v) is 4.16. The zero-order valence-electron chi connectivity index (χ0n) is 16.9. The van der Waals surface area contributed by atoms with E-state index in [1.807, 2.05) is 0 Å². The Morgan fingerprint density at radius 2 is 1.93 bits per heavy atom. The predicted octanol–water partition coefficient (Wildman–Crippen LogP) is 2.58. The van der Waals surface area contributed by atoms with Gasteiger partial charge in [0.05, 0.1) is 19.4 Å². The van der Waals surface area contributed by atoms with Crippen LogP contribution in [0.5, 0.6) is 0 Å². The second kappa shape index (κ2) is 11.6. The van der Waals surface area contributed by atoms with Gasteiger partial charge in [-0.15, -0.1) is 0 Å². The number of hydrogen-bond donors (Lipinski definition) is 2. The Morgan fingerprint density at radius 1 is 1.10 bits per heavy atom. The van der Waals surface area contributed by atoms with Gasteiger partial charge < -0.3 is 20.0 Å². The first-order valence-electron chi connectivity index (χ1n) is 9.71. The molecular formula is C21H28N4O4. The number of carbonyl (C=O) groups is 3. The molecule has 2 N–H and O–H groups in total. The molecule has 2 aromatic rings. The van der Waals surface area contributed by atoms with Crippen LogP contribution in [0.2, 0.25) is 0 Å². The molecule has 3 amide bonds. The highest BCUT2D eigenvalue weighted by atomic mass is 16.3. The Morgan fingerprint density at radius 3 is 2.59 bits per heavy atom. The molecule has 0 atom stereocenters. The van der Waals surface area contributed by atoms with Crippen molar-refractivity contribution in [3.63, 3.8) is 0 Å². The van der Waals surface area contributed by atoms with Crippen molar-refractivity contribution in [3.05, 3.63) is 48.6 Å². The van der Waals surface area contributed by atoms with E-state index in [1.165, 1.54) is 11.2 Å². The van der Waals surface area contributed by atoms with Crippen LogP contribution in [0.1, 0.15) is 38.9 Å². The highest BCUT2D eigenvalue weighted by molar-refractivity contribution is 5.93. The molecule has 0 saturated heterocycles. The number of nitrogens with zero attached hydrogens (tertiary/aromatic N) is 2. The number of furan rings is 1. The summed E-state index contributed by atoms with van der Waals surface area (Å²) in [6.07, 6.45) is 3.94. The van der Waals surface area contributed by atoms with E-state index < -0.39 is 0 Å². The van der Waals surface area contributed by atoms with Crippen molar-refractivity contribution in [1.29, 1.82) is 0 Å². The minimum atomic E-state index is -0.309. The van der Waals surface area contributed by atoms with Crippen molar-refractivity contribution >= 4 is 23.5 Å². The lowest BCUT2D eigenvalue weighted by Crippen LogP contribution is -2.40. The van der Waals surface area contributed by atoms with Gasteiger partial charge in [-0.05, 0) is 36.6 Å². The highest BCUT2D eigenvalue weighted by Crippen LogP contribution is 2.09. The second-order valence-electron chi connectivity index (χ2n) is 7.12. The third-order valence-electron chi connectivity index (χ3n) is 4.16. The van der Waals surface area contributed by atoms with Crippen molar-refractivity contribution in [2.45, 2.75) is 39.7 Å². The van der Waals surface area contributed by atoms with Crippen LogP contribution in [0.25, 0.3) is 0 Å². The van der Waals surface area contributed by atoms with Crippen LogP contribution in [-0.4, -0.2) is 40.7 Å². The maximum absolute atomic E-state index is 12.7. The van der Waals surface area contributed by atoms with Crippen LogP contribution in [-0.2, 0) is 20.9 Å². The Balaban J connectivity index is 1.87. The predicted molar refractivity (Wildman–Crippen MR) is 109 cm³/mol. The fourth-order valence-corrected chi connectivity index (χ4v) is 2.57. The van der Waals surface area contributed by atoms with Crippen LogP contribution >= 0.6 is 0 Å². The summed E-state index contributed by atoms with van der Waals surface area (Å²) in [7, 11) is 0. The van der Waals surface area contributed by atoms with Crippen LogP contribution in [0.15, 0.2) is 47.2 Å². The van der Waals surface area contributed by atoms with Gasteiger partial charge in [0.1, 0.15) is 11.6 Å². The molecule has 8 heteroatoms. The van der Waals surface area contributed by atoms with E-state index in [-0.39, 0.29) is 43.7 Å². The van der Waals surface area contributed by atoms with Gasteiger partial charge in [-0.25, -0.2) is 4.98 Å². The molecule has 156 valence electrons. The number of anilines is 1. The summed E-state index contributed by atoms with van der Waals surface area (Å²) in [5.74, 6) is 0.651. The molecule has 0 radical (unpaired) electrons. The fourth-order valence-electron chi connectivity index (χ4n) is 2.57. The highest BCUT2D eigenvalue weighted by Gasteiger charge is 2.19. The topological polar surface area (TPSA) is 105 Å². The lowest BCUT2D eigenvalue weighted by Gasteiger charge is -2.21. The number of carbonyl (C=O) groups excluding carboxylic acids is 3. The van der Waals surface area contributed by atoms with E-state index in [1.54, 1.807) is 36.5 Å². The second-order valence-corrected chi connectivity index (χ2v) is 7.12. The molecule has 2 rings (SSSR count). The number of amides is 3. The normalized spacial score (nSPS) is 10.6. The zero-order valence-corrected chi connectivity index (χ0v) is 16.9. The maximum Gasteiger partial charge on any atom is 0.239 e. The van der Waals surface area contributed by atoms with Gasteiger partial charge in [0.25, 0.3) is 0 Å². The van der Waals surface area contributed by atoms with Crippen molar-refractivity contribution in [3.8, 4) is 0 Å². The molecule has 0 saturated carbocycles. The number of aromatic nitrogens is 1. The number of rotatable bonds is 11. The molecule has 29 heavy (non-hydrogen) atoms. The molecule has 0 aliphatic rings. The van der Waals surface area contributed by atoms with Crippen molar-refractivity contribution in [2.75, 3.05) is 18.4 Å². The summed E-state index contributed by atoms with van der Waals surface area (Å²) < 4.78 is 5.30. The van der Waals surface area contributed by atoms with Gasteiger partial charge in [-0.1, -0.05) is 19.9 Å². The number of pyridine rings is 1. The summed E-state index contributed by atoms with van der Waals surface area (Å²) in [6, 6.07) is 8.64. The molecule has 0 unspecified atom stereocenters. The van der Waals surface area contributed by atoms with E-state index in [4.69, 9.17) is 4.42 Å². The summed E-state index contributed by atoms with van der Waals surface area (Å²) >= 11 is 0. The summed E-state index contributed by atoms with van der Waals surface area (Å²) in [5, 5.41) is 5.47. The summed E-state index contributed by atoms with van der Waals surface area (Å²) in [4.78, 5) is 42.4. The molecule has 2 aromatic heterocycles. The van der Waals surface area contributed by atoms with Gasteiger partial charge in [0.15, 0.2) is 0 Å². The van der Waals surface area contributed by atoms with Crippen molar-refractivity contribution < 1.29 is 18.8 Å². The van der Waals surface area contributed by atoms with Crippen LogP contribution in [0, 0.1) is 5.92 Å². The summed E-state index contributed by atoms with van der Waals surface area (Å²) in [6.45, 7) is 4.81. The third kappa shape index (κ3) is 8.59. The molecule has 0 fully saturated rings. The van der Waals surface area contributed by atoms with E-state index in [0.29, 0.717) is 24.0 Å². The maximum atomic E-state index is 12.7. The van der Waals surface area contributed by atoms with Gasteiger partial charge >= 0.3 is 0 Å². The van der Waals surface area contributed by atoms with Gasteiger partial charge in [0.2, 0.25) is 17.7 Å². The van der Waals surface area contributed by atoms with Crippen molar-refractivity contribution in [2.24, 2.45) is 5.92 Å². The monoisotopic (exact) mass is 400 g/mol. The van der Waals surface area contributed by atoms with Gasteiger partial charge in [0, 0.05) is 25.6 Å². The Labute approximate surface area is 170 Å². The lowest BCUT2D eigenvalue weighted by atomic mass is 10.1. The van der Waals surface area contributed by atoms with E-state index >= 15 is 0 Å². The Bertz CT molecular complexity index is 775. The van der Waals surface area contributed by atoms with Gasteiger partial charge in [-0.3, -0.25) is 14.4 Å². The molecule has 0 aromatic carbocycles. The van der Waals surface area contributed by atoms with E-state index in [2.05, 4.69) is 29.5 Å². The molecule has 2 heterocycles. The average Bonchev–Trinajstić information content (AvgIpc) is 3.19. The van der Waals surface area contributed by atoms with Crippen LogP contribution < -0.4 is 10.6 Å². The Hall–Kier alpha value is -3.16. The fraction of sp³-hybridized carbons (Fsp3) is 0.429. The zero-order chi connectivity index (χ0) is 21.1. The molecule has 8 nitrogen and oxygen atoms in total. The lowest BCUT2D eigenvalue weighted by molar-refractivity contribution is -0.137. The SMILES string of the molecule is CC(C)CCNC(=O)CN(Cc1ccco1)C(=O)CCC(=O)Nc1ccccn1. The molecule has 0 aliphatic carbocycles. The Kier molecular flexibility index (Phi) is 8.88. The van der Waals surface area contributed by atoms with E-state index in [0.717, 1.165) is 6.42 Å². The number of nitrogens with one attached hydrogen (secondary N) is 2.